The summed E-state index contributed by atoms with van der Waals surface area (Å²) in [4.78, 5) is 8.80. The van der Waals surface area contributed by atoms with Crippen molar-refractivity contribution < 1.29 is 9.47 Å². The second-order valence-electron chi connectivity index (χ2n) is 5.62. The van der Waals surface area contributed by atoms with E-state index in [-0.39, 0.29) is 24.0 Å². The topological polar surface area (TPSA) is 81.8 Å². The Hall–Kier alpha value is -2.03. The van der Waals surface area contributed by atoms with E-state index in [1.165, 1.54) is 0 Å². The van der Waals surface area contributed by atoms with Gasteiger partial charge in [0.2, 0.25) is 0 Å². The first-order valence-corrected chi connectivity index (χ1v) is 8.10. The van der Waals surface area contributed by atoms with Crippen molar-refractivity contribution in [3.63, 3.8) is 0 Å². The van der Waals surface area contributed by atoms with Gasteiger partial charge in [-0.05, 0) is 31.2 Å². The number of aliphatic imine (C=N–C) groups is 1. The number of hydrogen-bond acceptors (Lipinski definition) is 4. The van der Waals surface area contributed by atoms with Crippen LogP contribution in [0.15, 0.2) is 41.4 Å². The molecule has 7 heteroatoms. The maximum atomic E-state index is 5.95. The molecule has 25 heavy (non-hydrogen) atoms. The van der Waals surface area contributed by atoms with Crippen molar-refractivity contribution in [3.05, 3.63) is 47.8 Å². The maximum absolute atomic E-state index is 5.95. The molecule has 0 amide bonds. The number of fused-ring (bicyclic) bond motifs is 1. The number of nitrogens with zero attached hydrogens (tertiary/aromatic N) is 2. The highest BCUT2D eigenvalue weighted by atomic mass is 127. The van der Waals surface area contributed by atoms with E-state index < -0.39 is 0 Å². The van der Waals surface area contributed by atoms with E-state index in [0.29, 0.717) is 25.7 Å². The molecular formula is C18H23IN4O2. The second-order valence-corrected chi connectivity index (χ2v) is 5.62. The Morgan fingerprint density at radius 2 is 2.00 bits per heavy atom. The van der Waals surface area contributed by atoms with Gasteiger partial charge >= 0.3 is 0 Å². The van der Waals surface area contributed by atoms with Crippen molar-refractivity contribution in [3.8, 4) is 11.5 Å². The van der Waals surface area contributed by atoms with Crippen molar-refractivity contribution in [1.82, 2.24) is 4.98 Å². The Labute approximate surface area is 164 Å². The highest BCUT2D eigenvalue weighted by Crippen LogP contribution is 2.32. The summed E-state index contributed by atoms with van der Waals surface area (Å²) < 4.78 is 11.3. The first-order chi connectivity index (χ1) is 11.7. The first-order valence-electron chi connectivity index (χ1n) is 8.10. The summed E-state index contributed by atoms with van der Waals surface area (Å²) in [5.74, 6) is 1.87. The third kappa shape index (κ3) is 5.77. The molecule has 1 aliphatic heterocycles. The van der Waals surface area contributed by atoms with Crippen molar-refractivity contribution >= 4 is 35.6 Å². The normalized spacial score (nSPS) is 13.6. The number of nitrogens with one attached hydrogen (secondary N) is 1. The number of halogens is 1. The van der Waals surface area contributed by atoms with Gasteiger partial charge < -0.3 is 20.5 Å². The molecular weight excluding hydrogens is 431 g/mol. The number of ether oxygens (including phenoxy) is 2. The number of hydrogen-bond donors (Lipinski definition) is 2. The average Bonchev–Trinajstić information content (AvgIpc) is 2.80. The Balaban J connectivity index is 0.00000225. The van der Waals surface area contributed by atoms with Crippen LogP contribution in [0.1, 0.15) is 17.8 Å². The second kappa shape index (κ2) is 9.45. The van der Waals surface area contributed by atoms with Crippen molar-refractivity contribution in [2.75, 3.05) is 25.1 Å². The molecule has 6 nitrogen and oxygen atoms in total. The zero-order chi connectivity index (χ0) is 16.8. The lowest BCUT2D eigenvalue weighted by Crippen LogP contribution is -2.23. The molecule has 0 atom stereocenters. The summed E-state index contributed by atoms with van der Waals surface area (Å²) >= 11 is 0. The van der Waals surface area contributed by atoms with Gasteiger partial charge in [0.05, 0.1) is 13.2 Å². The molecule has 3 rings (SSSR count). The fourth-order valence-corrected chi connectivity index (χ4v) is 2.46. The van der Waals surface area contributed by atoms with Crippen LogP contribution in [0.3, 0.4) is 0 Å². The summed E-state index contributed by atoms with van der Waals surface area (Å²) in [6, 6.07) is 11.6. The number of anilines is 1. The van der Waals surface area contributed by atoms with E-state index in [1.807, 2.05) is 43.3 Å². The number of guanidine groups is 1. The molecule has 3 N–H and O–H groups in total. The van der Waals surface area contributed by atoms with Crippen LogP contribution in [0.5, 0.6) is 11.5 Å². The predicted molar refractivity (Wildman–Crippen MR) is 110 cm³/mol. The fraction of sp³-hybridized carbons (Fsp3) is 0.333. The minimum absolute atomic E-state index is 0. The van der Waals surface area contributed by atoms with E-state index >= 15 is 0 Å². The van der Waals surface area contributed by atoms with Gasteiger partial charge in [0.15, 0.2) is 17.5 Å². The third-order valence-corrected chi connectivity index (χ3v) is 3.62. The van der Waals surface area contributed by atoms with Gasteiger partial charge in [0.25, 0.3) is 0 Å². The van der Waals surface area contributed by atoms with Crippen molar-refractivity contribution in [2.45, 2.75) is 19.8 Å². The summed E-state index contributed by atoms with van der Waals surface area (Å²) in [7, 11) is 0. The van der Waals surface area contributed by atoms with Gasteiger partial charge in [0, 0.05) is 42.5 Å². The molecule has 1 aromatic carbocycles. The van der Waals surface area contributed by atoms with Gasteiger partial charge in [-0.3, -0.25) is 9.98 Å². The monoisotopic (exact) mass is 454 g/mol. The Morgan fingerprint density at radius 3 is 2.80 bits per heavy atom. The van der Waals surface area contributed by atoms with Crippen LogP contribution < -0.4 is 20.5 Å². The molecule has 134 valence electrons. The fourth-order valence-electron chi connectivity index (χ4n) is 2.46. The van der Waals surface area contributed by atoms with Gasteiger partial charge in [-0.15, -0.1) is 24.0 Å². The van der Waals surface area contributed by atoms with E-state index in [1.54, 1.807) is 0 Å². The molecule has 0 saturated heterocycles. The van der Waals surface area contributed by atoms with Gasteiger partial charge in [-0.2, -0.15) is 0 Å². The van der Waals surface area contributed by atoms with Crippen LogP contribution in [0.4, 0.5) is 5.69 Å². The van der Waals surface area contributed by atoms with E-state index in [4.69, 9.17) is 15.2 Å². The lowest BCUT2D eigenvalue weighted by atomic mass is 10.2. The summed E-state index contributed by atoms with van der Waals surface area (Å²) in [5.41, 5.74) is 8.81. The van der Waals surface area contributed by atoms with Crippen LogP contribution in [-0.2, 0) is 6.42 Å². The van der Waals surface area contributed by atoms with Gasteiger partial charge in [-0.25, -0.2) is 0 Å². The molecule has 0 bridgehead atoms. The minimum atomic E-state index is 0. The molecule has 1 aromatic heterocycles. The molecule has 2 aromatic rings. The van der Waals surface area contributed by atoms with Gasteiger partial charge in [0.1, 0.15) is 0 Å². The predicted octanol–water partition coefficient (Wildman–Crippen LogP) is 3.14. The summed E-state index contributed by atoms with van der Waals surface area (Å²) in [5, 5.41) is 3.08. The lowest BCUT2D eigenvalue weighted by Gasteiger charge is -2.10. The highest BCUT2D eigenvalue weighted by molar-refractivity contribution is 14.0. The summed E-state index contributed by atoms with van der Waals surface area (Å²) in [6.07, 6.45) is 1.64. The zero-order valence-corrected chi connectivity index (χ0v) is 16.5. The summed E-state index contributed by atoms with van der Waals surface area (Å²) in [6.45, 7) is 3.90. The number of benzene rings is 1. The molecule has 0 radical (unpaired) electrons. The number of pyridine rings is 1. The average molecular weight is 454 g/mol. The third-order valence-electron chi connectivity index (χ3n) is 3.62. The van der Waals surface area contributed by atoms with E-state index in [0.717, 1.165) is 41.4 Å². The standard InChI is InChI=1S/C18H22N4O2.HI/c1-13-4-2-5-14(21-13)8-9-20-18(19)22-15-6-7-16-17(12-15)24-11-3-10-23-16;/h2,4-7,12H,3,8-11H2,1H3,(H3,19,20,22);1H. The maximum Gasteiger partial charge on any atom is 0.193 e. The quantitative estimate of drug-likeness (QED) is 0.422. The van der Waals surface area contributed by atoms with Crippen LogP contribution in [0, 0.1) is 6.92 Å². The Morgan fingerprint density at radius 1 is 1.20 bits per heavy atom. The molecule has 1 aliphatic rings. The van der Waals surface area contributed by atoms with Gasteiger partial charge in [-0.1, -0.05) is 6.07 Å². The van der Waals surface area contributed by atoms with Crippen molar-refractivity contribution in [1.29, 1.82) is 0 Å². The Kier molecular flexibility index (Phi) is 7.30. The largest absolute Gasteiger partial charge is 0.490 e. The molecule has 0 saturated carbocycles. The van der Waals surface area contributed by atoms with Crippen LogP contribution >= 0.6 is 24.0 Å². The minimum Gasteiger partial charge on any atom is -0.490 e. The molecule has 2 heterocycles. The van der Waals surface area contributed by atoms with Crippen LogP contribution in [0.25, 0.3) is 0 Å². The van der Waals surface area contributed by atoms with E-state index in [9.17, 15) is 0 Å². The Bertz CT molecular complexity index is 737. The highest BCUT2D eigenvalue weighted by Gasteiger charge is 2.10. The molecule has 0 unspecified atom stereocenters. The molecule has 0 aliphatic carbocycles. The number of aryl methyl sites for hydroxylation is 1. The number of rotatable bonds is 4. The lowest BCUT2D eigenvalue weighted by molar-refractivity contribution is 0.297. The van der Waals surface area contributed by atoms with E-state index in [2.05, 4.69) is 15.3 Å². The van der Waals surface area contributed by atoms with Crippen LogP contribution in [0.2, 0.25) is 0 Å². The number of aromatic nitrogens is 1. The first kappa shape index (κ1) is 19.3. The number of nitrogens with two attached hydrogens (primary N) is 1. The smallest absolute Gasteiger partial charge is 0.193 e. The zero-order valence-electron chi connectivity index (χ0n) is 14.2. The van der Waals surface area contributed by atoms with Crippen molar-refractivity contribution in [2.24, 2.45) is 10.7 Å². The van der Waals surface area contributed by atoms with Crippen LogP contribution in [-0.4, -0.2) is 30.7 Å². The SMILES string of the molecule is Cc1cccc(CCN=C(N)Nc2ccc3c(c2)OCCCO3)n1.I. The molecule has 0 fully saturated rings. The molecule has 0 spiro atoms.